The van der Waals surface area contributed by atoms with E-state index in [0.29, 0.717) is 0 Å². The predicted octanol–water partition coefficient (Wildman–Crippen LogP) is -1.93. The van der Waals surface area contributed by atoms with Crippen LogP contribution in [0.4, 0.5) is 0 Å². The highest BCUT2D eigenvalue weighted by Gasteiger charge is 2.06. The van der Waals surface area contributed by atoms with E-state index in [9.17, 15) is 0 Å². The van der Waals surface area contributed by atoms with Crippen LogP contribution < -0.4 is 4.70 Å². The second-order valence-corrected chi connectivity index (χ2v) is 3.93. The molecule has 13 heavy (non-hydrogen) atoms. The van der Waals surface area contributed by atoms with E-state index in [1.807, 2.05) is 0 Å². The van der Waals surface area contributed by atoms with Gasteiger partial charge in [0, 0.05) is 5.56 Å². The molecule has 0 spiro atoms. The van der Waals surface area contributed by atoms with Crippen molar-refractivity contribution in [3.05, 3.63) is 35.9 Å². The van der Waals surface area contributed by atoms with Crippen molar-refractivity contribution < 1.29 is 14.7 Å². The zero-order chi connectivity index (χ0) is 8.32. The van der Waals surface area contributed by atoms with Crippen LogP contribution in [-0.4, -0.2) is 31.1 Å². The van der Waals surface area contributed by atoms with Crippen LogP contribution in [0.1, 0.15) is 5.56 Å². The topological polar surface area (TPSA) is 31.5 Å². The molecular weight excluding hydrogens is 169 g/mol. The second kappa shape index (κ2) is 5.67. The van der Waals surface area contributed by atoms with Crippen molar-refractivity contribution in [2.75, 3.05) is 21.1 Å². The number of hydrogen-bond acceptors (Lipinski definition) is 0. The first-order valence-corrected chi connectivity index (χ1v) is 3.92. The van der Waals surface area contributed by atoms with E-state index >= 15 is 0 Å². The molecule has 0 heterocycles. The molecule has 0 unspecified atom stereocenters. The van der Waals surface area contributed by atoms with Crippen LogP contribution in [0.2, 0.25) is 0 Å². The molecule has 0 aliphatic heterocycles. The maximum Gasteiger partial charge on any atom is 0.104 e. The summed E-state index contributed by atoms with van der Waals surface area (Å²) >= 11 is 0. The molecule has 0 bridgehead atoms. The van der Waals surface area contributed by atoms with Crippen LogP contribution in [-0.2, 0) is 6.54 Å². The molecule has 0 saturated heterocycles. The molecule has 0 fully saturated rings. The molecule has 0 atom stereocenters. The van der Waals surface area contributed by atoms with Gasteiger partial charge in [0.15, 0.2) is 0 Å². The highest BCUT2D eigenvalue weighted by molar-refractivity contribution is 5.13. The highest BCUT2D eigenvalue weighted by atomic mass is 19.0. The molecule has 0 saturated carbocycles. The van der Waals surface area contributed by atoms with Crippen LogP contribution in [0.5, 0.6) is 0 Å². The van der Waals surface area contributed by atoms with E-state index in [4.69, 9.17) is 0 Å². The van der Waals surface area contributed by atoms with Crippen LogP contribution in [0, 0.1) is 0 Å². The Labute approximate surface area is 79.1 Å². The number of quaternary nitrogens is 1. The fourth-order valence-electron chi connectivity index (χ4n) is 1.13. The summed E-state index contributed by atoms with van der Waals surface area (Å²) in [5, 5.41) is 0. The van der Waals surface area contributed by atoms with Gasteiger partial charge in [0.05, 0.1) is 21.1 Å². The lowest BCUT2D eigenvalue weighted by Gasteiger charge is -2.23. The van der Waals surface area contributed by atoms with E-state index in [1.54, 1.807) is 0 Å². The molecule has 2 nitrogen and oxygen atoms in total. The quantitative estimate of drug-likeness (QED) is 0.483. The van der Waals surface area contributed by atoms with E-state index in [2.05, 4.69) is 51.5 Å². The fourth-order valence-corrected chi connectivity index (χ4v) is 1.13. The molecule has 0 aliphatic carbocycles. The molecule has 1 aromatic rings. The summed E-state index contributed by atoms with van der Waals surface area (Å²) in [5.74, 6) is 0. The Kier molecular flexibility index (Phi) is 6.36. The van der Waals surface area contributed by atoms with Gasteiger partial charge in [-0.2, -0.15) is 0 Å². The van der Waals surface area contributed by atoms with Gasteiger partial charge in [-0.15, -0.1) is 0 Å². The Bertz CT molecular complexity index is 218. The van der Waals surface area contributed by atoms with E-state index < -0.39 is 0 Å². The van der Waals surface area contributed by atoms with Crippen molar-refractivity contribution in [1.29, 1.82) is 0 Å². The van der Waals surface area contributed by atoms with Crippen molar-refractivity contribution in [3.8, 4) is 0 Å². The summed E-state index contributed by atoms with van der Waals surface area (Å²) in [7, 11) is 6.60. The molecule has 0 aliphatic rings. The lowest BCUT2D eigenvalue weighted by molar-refractivity contribution is -0.884. The van der Waals surface area contributed by atoms with Crippen molar-refractivity contribution in [2.45, 2.75) is 6.54 Å². The Morgan fingerprint density at radius 2 is 1.46 bits per heavy atom. The van der Waals surface area contributed by atoms with Gasteiger partial charge in [-0.3, -0.25) is 0 Å². The van der Waals surface area contributed by atoms with Gasteiger partial charge in [-0.25, -0.2) is 0 Å². The molecule has 0 aromatic heterocycles. The second-order valence-electron chi connectivity index (χ2n) is 3.93. The van der Waals surface area contributed by atoms with Gasteiger partial charge < -0.3 is 14.7 Å². The lowest BCUT2D eigenvalue weighted by atomic mass is 10.2. The number of nitrogens with zero attached hydrogens (tertiary/aromatic N) is 1. The highest BCUT2D eigenvalue weighted by Crippen LogP contribution is 2.04. The van der Waals surface area contributed by atoms with E-state index in [0.717, 1.165) is 11.0 Å². The van der Waals surface area contributed by atoms with Gasteiger partial charge >= 0.3 is 0 Å². The standard InChI is InChI=1S/C10H16N.FH.H2O/c1-11(2,3)9-10-7-5-4-6-8-10;;/h4-8H,9H2,1-3H3;1H;1H2/q+1;;/p-1. The van der Waals surface area contributed by atoms with Gasteiger partial charge in [0.1, 0.15) is 6.54 Å². The largest absolute Gasteiger partial charge is 1.00 e. The molecule has 0 amide bonds. The van der Waals surface area contributed by atoms with E-state index in [-0.39, 0.29) is 10.2 Å². The monoisotopic (exact) mass is 187 g/mol. The molecule has 2 N–H and O–H groups in total. The summed E-state index contributed by atoms with van der Waals surface area (Å²) < 4.78 is 0.990. The zero-order valence-electron chi connectivity index (χ0n) is 8.42. The van der Waals surface area contributed by atoms with Crippen LogP contribution in [0.25, 0.3) is 0 Å². The first-order chi connectivity index (χ1) is 5.08. The van der Waals surface area contributed by atoms with Gasteiger partial charge in [-0.1, -0.05) is 30.3 Å². The molecule has 0 radical (unpaired) electrons. The van der Waals surface area contributed by atoms with Gasteiger partial charge in [0.25, 0.3) is 0 Å². The first kappa shape index (κ1) is 14.6. The summed E-state index contributed by atoms with van der Waals surface area (Å²) in [5.41, 5.74) is 1.40. The molecule has 76 valence electrons. The third-order valence-corrected chi connectivity index (χ3v) is 1.50. The first-order valence-electron chi connectivity index (χ1n) is 3.92. The minimum atomic E-state index is 0. The van der Waals surface area contributed by atoms with Crippen LogP contribution in [0.3, 0.4) is 0 Å². The Morgan fingerprint density at radius 3 is 1.85 bits per heavy atom. The van der Waals surface area contributed by atoms with Gasteiger partial charge in [-0.05, 0) is 0 Å². The number of hydrogen-bond donors (Lipinski definition) is 0. The number of rotatable bonds is 2. The van der Waals surface area contributed by atoms with E-state index in [1.165, 1.54) is 5.56 Å². The zero-order valence-corrected chi connectivity index (χ0v) is 8.42. The SMILES string of the molecule is C[N+](C)(C)Cc1ccccc1.O.[F-]. The van der Waals surface area contributed by atoms with Crippen molar-refractivity contribution in [1.82, 2.24) is 0 Å². The Balaban J connectivity index is 0. The Morgan fingerprint density at radius 1 is 1.00 bits per heavy atom. The molecule has 1 aromatic carbocycles. The molecular formula is C10H18FNO. The molecule has 3 heteroatoms. The van der Waals surface area contributed by atoms with Gasteiger partial charge in [0.2, 0.25) is 0 Å². The predicted molar refractivity (Wildman–Crippen MR) is 51.8 cm³/mol. The third-order valence-electron chi connectivity index (χ3n) is 1.50. The third kappa shape index (κ3) is 6.25. The average Bonchev–Trinajstić information content (AvgIpc) is 1.85. The molecule has 1 rings (SSSR count). The van der Waals surface area contributed by atoms with Crippen LogP contribution >= 0.6 is 0 Å². The fraction of sp³-hybridized carbons (Fsp3) is 0.400. The normalized spacial score (nSPS) is 9.77. The summed E-state index contributed by atoms with van der Waals surface area (Å²) in [6, 6.07) is 10.6. The lowest BCUT2D eigenvalue weighted by Crippen LogP contribution is -3.00. The maximum absolute atomic E-state index is 2.20. The van der Waals surface area contributed by atoms with Crippen molar-refractivity contribution >= 4 is 0 Å². The number of halogens is 1. The van der Waals surface area contributed by atoms with Crippen molar-refractivity contribution in [3.63, 3.8) is 0 Å². The Hall–Kier alpha value is -0.930. The average molecular weight is 187 g/mol. The summed E-state index contributed by atoms with van der Waals surface area (Å²) in [6.07, 6.45) is 0. The minimum Gasteiger partial charge on any atom is -1.00 e. The number of benzene rings is 1. The minimum absolute atomic E-state index is 0. The summed E-state index contributed by atoms with van der Waals surface area (Å²) in [6.45, 7) is 1.10. The van der Waals surface area contributed by atoms with Crippen LogP contribution in [0.15, 0.2) is 30.3 Å². The van der Waals surface area contributed by atoms with Crippen molar-refractivity contribution in [2.24, 2.45) is 0 Å². The maximum atomic E-state index is 2.20. The summed E-state index contributed by atoms with van der Waals surface area (Å²) in [4.78, 5) is 0. The smallest absolute Gasteiger partial charge is 0.104 e.